The van der Waals surface area contributed by atoms with Gasteiger partial charge in [-0.3, -0.25) is 14.9 Å². The Hall–Kier alpha value is -3.42. The number of urea groups is 1. The average Bonchev–Trinajstić information content (AvgIpc) is 2.82. The van der Waals surface area contributed by atoms with Crippen LogP contribution in [0.2, 0.25) is 5.02 Å². The maximum atomic E-state index is 13.2. The van der Waals surface area contributed by atoms with Crippen molar-refractivity contribution in [2.75, 3.05) is 11.5 Å². The van der Waals surface area contributed by atoms with Gasteiger partial charge in [0.2, 0.25) is 0 Å². The van der Waals surface area contributed by atoms with Crippen LogP contribution in [0.1, 0.15) is 29.2 Å². The van der Waals surface area contributed by atoms with Crippen LogP contribution in [0.15, 0.2) is 70.7 Å². The molecule has 0 bridgehead atoms. The number of imide groups is 2. The summed E-state index contributed by atoms with van der Waals surface area (Å²) in [5.41, 5.74) is 3.58. The minimum Gasteiger partial charge on any atom is -0.494 e. The number of anilines is 1. The van der Waals surface area contributed by atoms with Gasteiger partial charge in [-0.05, 0) is 66.4 Å². The van der Waals surface area contributed by atoms with E-state index >= 15 is 0 Å². The Kier molecular flexibility index (Phi) is 7.38. The largest absolute Gasteiger partial charge is 0.494 e. The summed E-state index contributed by atoms with van der Waals surface area (Å²) < 4.78 is 6.85. The average molecular weight is 554 g/mol. The van der Waals surface area contributed by atoms with E-state index in [1.165, 1.54) is 12.1 Å². The molecule has 6 nitrogen and oxygen atoms in total. The number of benzene rings is 3. The molecule has 0 saturated carbocycles. The Bertz CT molecular complexity index is 1370. The van der Waals surface area contributed by atoms with Gasteiger partial charge in [0.05, 0.1) is 12.3 Å². The van der Waals surface area contributed by atoms with Crippen molar-refractivity contribution in [1.29, 1.82) is 0 Å². The maximum Gasteiger partial charge on any atom is 0.335 e. The number of barbiturate groups is 1. The molecule has 0 unspecified atom stereocenters. The summed E-state index contributed by atoms with van der Waals surface area (Å²) in [7, 11) is 0. The number of halogens is 2. The summed E-state index contributed by atoms with van der Waals surface area (Å²) >= 11 is 9.76. The first kappa shape index (κ1) is 24.7. The first-order chi connectivity index (χ1) is 16.8. The molecule has 178 valence electrons. The van der Waals surface area contributed by atoms with Crippen LogP contribution < -0.4 is 15.0 Å². The Labute approximate surface area is 216 Å². The third-order valence-electron chi connectivity index (χ3n) is 5.56. The fraction of sp³-hybridized carbons (Fsp3) is 0.148. The topological polar surface area (TPSA) is 75.7 Å². The molecule has 1 fully saturated rings. The second-order valence-electron chi connectivity index (χ2n) is 7.96. The number of carbonyl (C=O) groups excluding carboxylic acids is 3. The van der Waals surface area contributed by atoms with Crippen LogP contribution in [0.5, 0.6) is 5.75 Å². The second-order valence-corrected chi connectivity index (χ2v) is 9.22. The third kappa shape index (κ3) is 5.31. The fourth-order valence-corrected chi connectivity index (χ4v) is 4.32. The number of hydrogen-bond acceptors (Lipinski definition) is 4. The molecule has 0 aromatic heterocycles. The van der Waals surface area contributed by atoms with Crippen molar-refractivity contribution in [3.8, 4) is 5.75 Å². The number of nitrogens with one attached hydrogen (secondary N) is 1. The van der Waals surface area contributed by atoms with Crippen molar-refractivity contribution in [2.24, 2.45) is 0 Å². The minimum atomic E-state index is -0.823. The van der Waals surface area contributed by atoms with Crippen molar-refractivity contribution in [3.05, 3.63) is 98.0 Å². The Morgan fingerprint density at radius 2 is 1.80 bits per heavy atom. The molecule has 8 heteroatoms. The van der Waals surface area contributed by atoms with Gasteiger partial charge in [0, 0.05) is 15.9 Å². The number of carbonyl (C=O) groups is 3. The quantitative estimate of drug-likeness (QED) is 0.297. The normalized spacial score (nSPS) is 14.9. The molecule has 0 radical (unpaired) electrons. The van der Waals surface area contributed by atoms with E-state index in [0.29, 0.717) is 29.4 Å². The van der Waals surface area contributed by atoms with E-state index < -0.39 is 17.8 Å². The van der Waals surface area contributed by atoms with Gasteiger partial charge in [-0.1, -0.05) is 63.9 Å². The first-order valence-electron chi connectivity index (χ1n) is 10.9. The highest BCUT2D eigenvalue weighted by Crippen LogP contribution is 2.29. The van der Waals surface area contributed by atoms with Gasteiger partial charge in [0.25, 0.3) is 11.8 Å². The molecule has 1 N–H and O–H groups in total. The van der Waals surface area contributed by atoms with Crippen LogP contribution in [-0.4, -0.2) is 24.5 Å². The summed E-state index contributed by atoms with van der Waals surface area (Å²) in [6.07, 6.45) is 2.10. The van der Waals surface area contributed by atoms with Crippen molar-refractivity contribution in [1.82, 2.24) is 5.32 Å². The molecule has 4 rings (SSSR count). The Balaban J connectivity index is 1.68. The van der Waals surface area contributed by atoms with Gasteiger partial charge in [-0.15, -0.1) is 0 Å². The smallest absolute Gasteiger partial charge is 0.335 e. The van der Waals surface area contributed by atoms with E-state index in [9.17, 15) is 14.4 Å². The predicted molar refractivity (Wildman–Crippen MR) is 140 cm³/mol. The lowest BCUT2D eigenvalue weighted by Gasteiger charge is -2.26. The van der Waals surface area contributed by atoms with Crippen LogP contribution in [0.3, 0.4) is 0 Å². The molecular weight excluding hydrogens is 532 g/mol. The van der Waals surface area contributed by atoms with Gasteiger partial charge in [0.1, 0.15) is 11.3 Å². The standard InChI is InChI=1S/C27H22BrClN2O4/c1-3-35-24-13-17(9-10-19(24)14-18-6-4-5-7-22(18)28)12-21-25(32)30-27(34)31(26(21)33)20-11-8-16(2)23(29)15-20/h4-13,15H,3,14H2,1-2H3,(H,30,32,34)/b21-12+. The molecular formula is C27H22BrClN2O4. The van der Waals surface area contributed by atoms with Crippen LogP contribution in [0.25, 0.3) is 6.08 Å². The first-order valence-corrected chi connectivity index (χ1v) is 12.1. The van der Waals surface area contributed by atoms with Crippen molar-refractivity contribution >= 4 is 57.1 Å². The highest BCUT2D eigenvalue weighted by atomic mass is 79.9. The Morgan fingerprint density at radius 1 is 1.03 bits per heavy atom. The predicted octanol–water partition coefficient (Wildman–Crippen LogP) is 6.07. The fourth-order valence-electron chi connectivity index (χ4n) is 3.72. The third-order valence-corrected chi connectivity index (χ3v) is 6.74. The number of amides is 4. The van der Waals surface area contributed by atoms with Crippen LogP contribution in [0, 0.1) is 6.92 Å². The van der Waals surface area contributed by atoms with E-state index in [1.807, 2.05) is 50.2 Å². The molecule has 0 atom stereocenters. The summed E-state index contributed by atoms with van der Waals surface area (Å²) in [4.78, 5) is 39.1. The number of hydrogen-bond donors (Lipinski definition) is 1. The molecule has 1 aliphatic rings. The van der Waals surface area contributed by atoms with Gasteiger partial charge >= 0.3 is 6.03 Å². The van der Waals surface area contributed by atoms with Crippen LogP contribution >= 0.6 is 27.5 Å². The zero-order valence-electron chi connectivity index (χ0n) is 19.1. The zero-order valence-corrected chi connectivity index (χ0v) is 21.4. The number of nitrogens with zero attached hydrogens (tertiary/aromatic N) is 1. The number of rotatable bonds is 6. The van der Waals surface area contributed by atoms with E-state index in [-0.39, 0.29) is 11.3 Å². The van der Waals surface area contributed by atoms with Crippen LogP contribution in [-0.2, 0) is 16.0 Å². The highest BCUT2D eigenvalue weighted by molar-refractivity contribution is 9.10. The second kappa shape index (κ2) is 10.5. The van der Waals surface area contributed by atoms with Crippen molar-refractivity contribution in [2.45, 2.75) is 20.3 Å². The van der Waals surface area contributed by atoms with Gasteiger partial charge < -0.3 is 4.74 Å². The summed E-state index contributed by atoms with van der Waals surface area (Å²) in [6, 6.07) is 17.5. The molecule has 1 aliphatic heterocycles. The lowest BCUT2D eigenvalue weighted by Crippen LogP contribution is -2.54. The van der Waals surface area contributed by atoms with Crippen molar-refractivity contribution < 1.29 is 19.1 Å². The number of aryl methyl sites for hydroxylation is 1. The molecule has 3 aromatic rings. The van der Waals surface area contributed by atoms with E-state index in [2.05, 4.69) is 21.2 Å². The van der Waals surface area contributed by atoms with E-state index in [4.69, 9.17) is 16.3 Å². The number of ether oxygens (including phenoxy) is 1. The van der Waals surface area contributed by atoms with Crippen LogP contribution in [0.4, 0.5) is 10.5 Å². The van der Waals surface area contributed by atoms with Gasteiger partial charge in [-0.2, -0.15) is 0 Å². The summed E-state index contributed by atoms with van der Waals surface area (Å²) in [5.74, 6) is -0.835. The molecule has 35 heavy (non-hydrogen) atoms. The molecule has 3 aromatic carbocycles. The van der Waals surface area contributed by atoms with Gasteiger partial charge in [-0.25, -0.2) is 9.69 Å². The minimum absolute atomic E-state index is 0.165. The Morgan fingerprint density at radius 3 is 2.51 bits per heavy atom. The van der Waals surface area contributed by atoms with E-state index in [0.717, 1.165) is 26.1 Å². The summed E-state index contributed by atoms with van der Waals surface area (Å²) in [6.45, 7) is 4.16. The van der Waals surface area contributed by atoms with Gasteiger partial charge in [0.15, 0.2) is 0 Å². The molecule has 0 spiro atoms. The maximum absolute atomic E-state index is 13.2. The lowest BCUT2D eigenvalue weighted by molar-refractivity contribution is -0.122. The molecule has 1 heterocycles. The zero-order chi connectivity index (χ0) is 25.1. The molecule has 1 saturated heterocycles. The van der Waals surface area contributed by atoms with Crippen molar-refractivity contribution in [3.63, 3.8) is 0 Å². The highest BCUT2D eigenvalue weighted by Gasteiger charge is 2.37. The lowest BCUT2D eigenvalue weighted by atomic mass is 10.0. The SMILES string of the molecule is CCOc1cc(/C=C2\C(=O)NC(=O)N(c3ccc(C)c(Cl)c3)C2=O)ccc1Cc1ccccc1Br. The monoisotopic (exact) mass is 552 g/mol. The molecule has 4 amide bonds. The van der Waals surface area contributed by atoms with E-state index in [1.54, 1.807) is 18.2 Å². The molecule has 0 aliphatic carbocycles. The summed E-state index contributed by atoms with van der Waals surface area (Å²) in [5, 5.41) is 2.64.